The maximum Gasteiger partial charge on any atom is 0.235 e. The molecule has 2 rings (SSSR count). The van der Waals surface area contributed by atoms with Crippen molar-refractivity contribution in [3.63, 3.8) is 0 Å². The predicted molar refractivity (Wildman–Crippen MR) is 92.8 cm³/mol. The fraction of sp³-hybridized carbons (Fsp3) is 0.375. The van der Waals surface area contributed by atoms with Gasteiger partial charge in [0.2, 0.25) is 5.91 Å². The smallest absolute Gasteiger partial charge is 0.235 e. The molecule has 1 aromatic heterocycles. The maximum atomic E-state index is 12.1. The first kappa shape index (κ1) is 18.5. The van der Waals surface area contributed by atoms with Crippen molar-refractivity contribution < 1.29 is 13.2 Å². The number of sulfone groups is 1. The fourth-order valence-electron chi connectivity index (χ4n) is 2.31. The van der Waals surface area contributed by atoms with E-state index in [1.807, 2.05) is 24.6 Å². The summed E-state index contributed by atoms with van der Waals surface area (Å²) in [6.45, 7) is 4.96. The van der Waals surface area contributed by atoms with Gasteiger partial charge in [-0.15, -0.1) is 0 Å². The third-order valence-corrected chi connectivity index (χ3v) is 5.35. The lowest BCUT2D eigenvalue weighted by atomic mass is 10.4. The molecule has 0 atom stereocenters. The van der Waals surface area contributed by atoms with Gasteiger partial charge in [0.25, 0.3) is 0 Å². The van der Waals surface area contributed by atoms with Crippen LogP contribution < -0.4 is 5.32 Å². The van der Waals surface area contributed by atoms with Gasteiger partial charge in [0, 0.05) is 23.8 Å². The maximum absolute atomic E-state index is 12.1. The monoisotopic (exact) mass is 369 g/mol. The number of halogens is 1. The highest BCUT2D eigenvalue weighted by molar-refractivity contribution is 7.92. The predicted octanol–water partition coefficient (Wildman–Crippen LogP) is 2.13. The number of nitrogens with zero attached hydrogens (tertiary/aromatic N) is 2. The van der Waals surface area contributed by atoms with Crippen LogP contribution >= 0.6 is 11.6 Å². The Morgan fingerprint density at radius 1 is 1.25 bits per heavy atom. The Labute approximate surface area is 146 Å². The van der Waals surface area contributed by atoms with Crippen molar-refractivity contribution in [1.29, 1.82) is 0 Å². The van der Waals surface area contributed by atoms with E-state index in [0.717, 1.165) is 11.4 Å². The van der Waals surface area contributed by atoms with Crippen LogP contribution in [0, 0.1) is 13.8 Å². The lowest BCUT2D eigenvalue weighted by Gasteiger charge is -2.08. The third-order valence-electron chi connectivity index (χ3n) is 3.47. The minimum absolute atomic E-state index is 0.0877. The topological polar surface area (TPSA) is 81.1 Å². The number of carbonyl (C=O) groups excluding carboxylic acids is 1. The molecule has 24 heavy (non-hydrogen) atoms. The Balaban J connectivity index is 1.80. The number of nitrogens with one attached hydrogen (secondary N) is 1. The molecule has 0 saturated carbocycles. The van der Waals surface area contributed by atoms with E-state index in [4.69, 9.17) is 11.6 Å². The SMILES string of the molecule is Cc1cc(C)n(CCCNC(=O)CS(=O)(=O)c2ccc(Cl)cc2)n1. The zero-order chi connectivity index (χ0) is 17.7. The van der Waals surface area contributed by atoms with Gasteiger partial charge in [-0.1, -0.05) is 11.6 Å². The molecule has 1 amide bonds. The van der Waals surface area contributed by atoms with E-state index in [2.05, 4.69) is 10.4 Å². The Hall–Kier alpha value is -1.86. The van der Waals surface area contributed by atoms with Crippen LogP contribution in [0.3, 0.4) is 0 Å². The Morgan fingerprint density at radius 2 is 1.92 bits per heavy atom. The van der Waals surface area contributed by atoms with Gasteiger partial charge >= 0.3 is 0 Å². The molecule has 130 valence electrons. The Morgan fingerprint density at radius 3 is 2.50 bits per heavy atom. The number of aromatic nitrogens is 2. The summed E-state index contributed by atoms with van der Waals surface area (Å²) in [5, 5.41) is 7.41. The van der Waals surface area contributed by atoms with E-state index in [1.54, 1.807) is 0 Å². The molecular formula is C16H20ClN3O3S. The molecule has 1 aromatic carbocycles. The van der Waals surface area contributed by atoms with E-state index in [-0.39, 0.29) is 4.90 Å². The lowest BCUT2D eigenvalue weighted by Crippen LogP contribution is -2.31. The van der Waals surface area contributed by atoms with Crippen LogP contribution in [0.5, 0.6) is 0 Å². The molecule has 0 aliphatic heterocycles. The van der Waals surface area contributed by atoms with E-state index in [9.17, 15) is 13.2 Å². The molecule has 1 N–H and O–H groups in total. The number of rotatable bonds is 7. The molecule has 0 radical (unpaired) electrons. The quantitative estimate of drug-likeness (QED) is 0.758. The van der Waals surface area contributed by atoms with Crippen LogP contribution in [0.1, 0.15) is 17.8 Å². The van der Waals surface area contributed by atoms with Crippen molar-refractivity contribution in [3.05, 3.63) is 46.7 Å². The number of carbonyl (C=O) groups is 1. The highest BCUT2D eigenvalue weighted by Gasteiger charge is 2.18. The van der Waals surface area contributed by atoms with Crippen LogP contribution in [-0.2, 0) is 21.2 Å². The summed E-state index contributed by atoms with van der Waals surface area (Å²) in [6.07, 6.45) is 0.675. The molecule has 0 fully saturated rings. The summed E-state index contributed by atoms with van der Waals surface area (Å²) in [5.41, 5.74) is 2.01. The average Bonchev–Trinajstić information content (AvgIpc) is 2.81. The summed E-state index contributed by atoms with van der Waals surface area (Å²) in [6, 6.07) is 7.75. The van der Waals surface area contributed by atoms with E-state index >= 15 is 0 Å². The van der Waals surface area contributed by atoms with Gasteiger partial charge in [-0.05, 0) is 50.6 Å². The number of aryl methyl sites for hydroxylation is 3. The second kappa shape index (κ2) is 7.81. The van der Waals surface area contributed by atoms with Crippen molar-refractivity contribution in [3.8, 4) is 0 Å². The van der Waals surface area contributed by atoms with Gasteiger partial charge in [-0.2, -0.15) is 5.10 Å². The molecule has 6 nitrogen and oxygen atoms in total. The first-order valence-corrected chi connectivity index (χ1v) is 9.57. The van der Waals surface area contributed by atoms with Crippen molar-refractivity contribution in [1.82, 2.24) is 15.1 Å². The number of amides is 1. The van der Waals surface area contributed by atoms with Gasteiger partial charge < -0.3 is 5.32 Å². The van der Waals surface area contributed by atoms with Crippen LogP contribution in [-0.4, -0.2) is 36.4 Å². The first-order chi connectivity index (χ1) is 11.3. The molecular weight excluding hydrogens is 350 g/mol. The van der Waals surface area contributed by atoms with Crippen LogP contribution in [0.25, 0.3) is 0 Å². The number of benzene rings is 1. The van der Waals surface area contributed by atoms with Crippen LogP contribution in [0.15, 0.2) is 35.2 Å². The zero-order valence-corrected chi connectivity index (χ0v) is 15.2. The molecule has 2 aromatic rings. The van der Waals surface area contributed by atoms with E-state index < -0.39 is 21.5 Å². The fourth-order valence-corrected chi connectivity index (χ4v) is 3.60. The Bertz CT molecular complexity index is 814. The third kappa shape index (κ3) is 5.07. The van der Waals surface area contributed by atoms with Crippen molar-refractivity contribution in [2.45, 2.75) is 31.7 Å². The number of hydrogen-bond acceptors (Lipinski definition) is 4. The van der Waals surface area contributed by atoms with Gasteiger partial charge in [-0.3, -0.25) is 9.48 Å². The van der Waals surface area contributed by atoms with Gasteiger partial charge in [0.1, 0.15) is 5.75 Å². The highest BCUT2D eigenvalue weighted by atomic mass is 35.5. The minimum atomic E-state index is -3.66. The second-order valence-electron chi connectivity index (χ2n) is 5.57. The van der Waals surface area contributed by atoms with E-state index in [1.165, 1.54) is 24.3 Å². The summed E-state index contributed by atoms with van der Waals surface area (Å²) in [5.74, 6) is -1.09. The minimum Gasteiger partial charge on any atom is -0.355 e. The van der Waals surface area contributed by atoms with Gasteiger partial charge in [0.15, 0.2) is 9.84 Å². The van der Waals surface area contributed by atoms with Crippen LogP contribution in [0.4, 0.5) is 0 Å². The number of hydrogen-bond donors (Lipinski definition) is 1. The Kier molecular flexibility index (Phi) is 6.01. The first-order valence-electron chi connectivity index (χ1n) is 7.54. The summed E-state index contributed by atoms with van der Waals surface area (Å²) in [7, 11) is -3.66. The molecule has 8 heteroatoms. The molecule has 1 heterocycles. The molecule has 0 aliphatic carbocycles. The largest absolute Gasteiger partial charge is 0.355 e. The normalized spacial score (nSPS) is 11.5. The summed E-state index contributed by atoms with van der Waals surface area (Å²) in [4.78, 5) is 11.9. The molecule has 0 bridgehead atoms. The van der Waals surface area contributed by atoms with Crippen molar-refractivity contribution >= 4 is 27.3 Å². The van der Waals surface area contributed by atoms with Crippen molar-refractivity contribution in [2.24, 2.45) is 0 Å². The van der Waals surface area contributed by atoms with E-state index in [0.29, 0.717) is 24.5 Å². The zero-order valence-electron chi connectivity index (χ0n) is 13.6. The highest BCUT2D eigenvalue weighted by Crippen LogP contribution is 2.15. The molecule has 0 aliphatic rings. The lowest BCUT2D eigenvalue weighted by molar-refractivity contribution is -0.118. The summed E-state index contributed by atoms with van der Waals surface area (Å²) < 4.78 is 26.1. The molecule has 0 saturated heterocycles. The van der Waals surface area contributed by atoms with Crippen LogP contribution in [0.2, 0.25) is 5.02 Å². The van der Waals surface area contributed by atoms with Gasteiger partial charge in [0.05, 0.1) is 10.6 Å². The van der Waals surface area contributed by atoms with Crippen molar-refractivity contribution in [2.75, 3.05) is 12.3 Å². The van der Waals surface area contributed by atoms with Gasteiger partial charge in [-0.25, -0.2) is 8.42 Å². The second-order valence-corrected chi connectivity index (χ2v) is 7.99. The molecule has 0 spiro atoms. The molecule has 0 unspecified atom stereocenters. The average molecular weight is 370 g/mol. The standard InChI is InChI=1S/C16H20ClN3O3S/c1-12-10-13(2)20(19-12)9-3-8-18-16(21)11-24(22,23)15-6-4-14(17)5-7-15/h4-7,10H,3,8-9,11H2,1-2H3,(H,18,21). The summed E-state index contributed by atoms with van der Waals surface area (Å²) >= 11 is 5.73.